The molecule has 20 heavy (non-hydrogen) atoms. The first-order valence-corrected chi connectivity index (χ1v) is 7.11. The summed E-state index contributed by atoms with van der Waals surface area (Å²) < 4.78 is 5.96. The third-order valence-electron chi connectivity index (χ3n) is 3.53. The van der Waals surface area contributed by atoms with Gasteiger partial charge in [-0.05, 0) is 41.2 Å². The fourth-order valence-electron chi connectivity index (χ4n) is 2.06. The summed E-state index contributed by atoms with van der Waals surface area (Å²) in [6, 6.07) is 14.7. The molecule has 2 N–H and O–H groups in total. The normalized spacial score (nSPS) is 10.8. The van der Waals surface area contributed by atoms with E-state index in [1.807, 2.05) is 0 Å². The van der Waals surface area contributed by atoms with Crippen molar-refractivity contribution in [1.82, 2.24) is 0 Å². The Balaban J connectivity index is 2.07. The SMILES string of the molecule is Cc1ccc(C(C)C)cc1OCc1ccc(CN)cc1. The highest BCUT2D eigenvalue weighted by atomic mass is 16.5. The molecule has 106 valence electrons. The number of aryl methyl sites for hydroxylation is 1. The van der Waals surface area contributed by atoms with Crippen LogP contribution >= 0.6 is 0 Å². The molecular formula is C18H23NO. The maximum absolute atomic E-state index is 5.96. The minimum absolute atomic E-state index is 0.516. The molecule has 0 spiro atoms. The fourth-order valence-corrected chi connectivity index (χ4v) is 2.06. The highest BCUT2D eigenvalue weighted by Crippen LogP contribution is 2.25. The van der Waals surface area contributed by atoms with E-state index in [0.717, 1.165) is 16.9 Å². The van der Waals surface area contributed by atoms with Crippen LogP contribution in [0.1, 0.15) is 42.0 Å². The van der Waals surface area contributed by atoms with Crippen LogP contribution in [0.15, 0.2) is 42.5 Å². The van der Waals surface area contributed by atoms with Crippen LogP contribution in [0.4, 0.5) is 0 Å². The summed E-state index contributed by atoms with van der Waals surface area (Å²) in [4.78, 5) is 0. The Labute approximate surface area is 121 Å². The van der Waals surface area contributed by atoms with Crippen LogP contribution in [0, 0.1) is 6.92 Å². The number of ether oxygens (including phenoxy) is 1. The summed E-state index contributed by atoms with van der Waals surface area (Å²) in [6.45, 7) is 7.64. The van der Waals surface area contributed by atoms with Gasteiger partial charge in [-0.2, -0.15) is 0 Å². The van der Waals surface area contributed by atoms with Gasteiger partial charge in [0.1, 0.15) is 12.4 Å². The van der Waals surface area contributed by atoms with Crippen LogP contribution in [0.5, 0.6) is 5.75 Å². The molecule has 2 aromatic rings. The third kappa shape index (κ3) is 3.61. The molecule has 0 heterocycles. The molecule has 0 aliphatic heterocycles. The van der Waals surface area contributed by atoms with Gasteiger partial charge >= 0.3 is 0 Å². The van der Waals surface area contributed by atoms with Crippen molar-refractivity contribution in [1.29, 1.82) is 0 Å². The van der Waals surface area contributed by atoms with E-state index in [1.54, 1.807) is 0 Å². The van der Waals surface area contributed by atoms with Crippen LogP contribution < -0.4 is 10.5 Å². The average Bonchev–Trinajstić information content (AvgIpc) is 2.46. The largest absolute Gasteiger partial charge is 0.489 e. The summed E-state index contributed by atoms with van der Waals surface area (Å²) in [7, 11) is 0. The van der Waals surface area contributed by atoms with E-state index < -0.39 is 0 Å². The Bertz CT molecular complexity index is 558. The summed E-state index contributed by atoms with van der Waals surface area (Å²) >= 11 is 0. The van der Waals surface area contributed by atoms with Crippen molar-refractivity contribution in [2.24, 2.45) is 5.73 Å². The second-order valence-electron chi connectivity index (χ2n) is 5.49. The van der Waals surface area contributed by atoms with Gasteiger partial charge in [0.25, 0.3) is 0 Å². The number of hydrogen-bond acceptors (Lipinski definition) is 2. The quantitative estimate of drug-likeness (QED) is 0.884. The zero-order valence-electron chi connectivity index (χ0n) is 12.5. The lowest BCUT2D eigenvalue weighted by Crippen LogP contribution is -2.00. The first kappa shape index (κ1) is 14.6. The summed E-state index contributed by atoms with van der Waals surface area (Å²) in [5.41, 5.74) is 10.4. The van der Waals surface area contributed by atoms with Crippen molar-refractivity contribution in [3.05, 3.63) is 64.7 Å². The lowest BCUT2D eigenvalue weighted by Gasteiger charge is -2.13. The molecule has 0 fully saturated rings. The molecule has 2 aromatic carbocycles. The molecular weight excluding hydrogens is 246 g/mol. The first-order chi connectivity index (χ1) is 9.60. The minimum Gasteiger partial charge on any atom is -0.489 e. The summed E-state index contributed by atoms with van der Waals surface area (Å²) in [5.74, 6) is 1.49. The standard InChI is InChI=1S/C18H23NO/c1-13(2)17-9-4-14(3)18(10-17)20-12-16-7-5-15(11-19)6-8-16/h4-10,13H,11-12,19H2,1-3H3. The van der Waals surface area contributed by atoms with Gasteiger partial charge in [-0.1, -0.05) is 50.2 Å². The summed E-state index contributed by atoms with van der Waals surface area (Å²) in [5, 5.41) is 0. The Morgan fingerprint density at radius 2 is 1.65 bits per heavy atom. The van der Waals surface area contributed by atoms with E-state index in [9.17, 15) is 0 Å². The number of benzene rings is 2. The number of hydrogen-bond donors (Lipinski definition) is 1. The Kier molecular flexibility index (Phi) is 4.80. The highest BCUT2D eigenvalue weighted by molar-refractivity contribution is 5.38. The van der Waals surface area contributed by atoms with Crippen molar-refractivity contribution < 1.29 is 4.74 Å². The van der Waals surface area contributed by atoms with Crippen molar-refractivity contribution in [2.45, 2.75) is 39.8 Å². The fraction of sp³-hybridized carbons (Fsp3) is 0.333. The predicted octanol–water partition coefficient (Wildman–Crippen LogP) is 4.16. The highest BCUT2D eigenvalue weighted by Gasteiger charge is 2.05. The molecule has 0 bridgehead atoms. The molecule has 2 rings (SSSR count). The first-order valence-electron chi connectivity index (χ1n) is 7.11. The molecule has 0 saturated carbocycles. The molecule has 0 aliphatic carbocycles. The van der Waals surface area contributed by atoms with Crippen LogP contribution in [0.3, 0.4) is 0 Å². The van der Waals surface area contributed by atoms with Gasteiger partial charge < -0.3 is 10.5 Å². The van der Waals surface area contributed by atoms with Crippen LogP contribution in [-0.2, 0) is 13.2 Å². The molecule has 0 amide bonds. The molecule has 2 nitrogen and oxygen atoms in total. The molecule has 0 aromatic heterocycles. The molecule has 0 atom stereocenters. The number of rotatable bonds is 5. The second-order valence-corrected chi connectivity index (χ2v) is 5.49. The average molecular weight is 269 g/mol. The lowest BCUT2D eigenvalue weighted by atomic mass is 10.0. The summed E-state index contributed by atoms with van der Waals surface area (Å²) in [6.07, 6.45) is 0. The lowest BCUT2D eigenvalue weighted by molar-refractivity contribution is 0.303. The smallest absolute Gasteiger partial charge is 0.122 e. The van der Waals surface area contributed by atoms with Gasteiger partial charge in [-0.15, -0.1) is 0 Å². The monoisotopic (exact) mass is 269 g/mol. The van der Waals surface area contributed by atoms with E-state index in [4.69, 9.17) is 10.5 Å². The number of nitrogens with two attached hydrogens (primary N) is 1. The Morgan fingerprint density at radius 1 is 1.00 bits per heavy atom. The van der Waals surface area contributed by atoms with Gasteiger partial charge in [-0.25, -0.2) is 0 Å². The van der Waals surface area contributed by atoms with E-state index in [2.05, 4.69) is 63.2 Å². The van der Waals surface area contributed by atoms with E-state index >= 15 is 0 Å². The molecule has 0 aliphatic rings. The maximum atomic E-state index is 5.96. The molecule has 0 unspecified atom stereocenters. The van der Waals surface area contributed by atoms with Gasteiger partial charge in [0.05, 0.1) is 0 Å². The second kappa shape index (κ2) is 6.58. The van der Waals surface area contributed by atoms with Crippen molar-refractivity contribution in [2.75, 3.05) is 0 Å². The van der Waals surface area contributed by atoms with Gasteiger partial charge in [-0.3, -0.25) is 0 Å². The zero-order valence-corrected chi connectivity index (χ0v) is 12.5. The van der Waals surface area contributed by atoms with Crippen molar-refractivity contribution >= 4 is 0 Å². The maximum Gasteiger partial charge on any atom is 0.122 e. The van der Waals surface area contributed by atoms with Crippen LogP contribution in [-0.4, -0.2) is 0 Å². The van der Waals surface area contributed by atoms with Gasteiger partial charge in [0, 0.05) is 6.54 Å². The van der Waals surface area contributed by atoms with E-state index in [-0.39, 0.29) is 0 Å². The zero-order chi connectivity index (χ0) is 14.5. The third-order valence-corrected chi connectivity index (χ3v) is 3.53. The molecule has 0 saturated heterocycles. The van der Waals surface area contributed by atoms with Crippen molar-refractivity contribution in [3.63, 3.8) is 0 Å². The van der Waals surface area contributed by atoms with E-state index in [1.165, 1.54) is 11.1 Å². The Morgan fingerprint density at radius 3 is 2.25 bits per heavy atom. The van der Waals surface area contributed by atoms with Crippen LogP contribution in [0.2, 0.25) is 0 Å². The van der Waals surface area contributed by atoms with E-state index in [0.29, 0.717) is 19.1 Å². The minimum atomic E-state index is 0.516. The Hall–Kier alpha value is -1.80. The molecule has 0 radical (unpaired) electrons. The molecule has 2 heteroatoms. The topological polar surface area (TPSA) is 35.2 Å². The predicted molar refractivity (Wildman–Crippen MR) is 83.9 cm³/mol. The van der Waals surface area contributed by atoms with Gasteiger partial charge in [0.2, 0.25) is 0 Å². The van der Waals surface area contributed by atoms with Crippen molar-refractivity contribution in [3.8, 4) is 5.75 Å². The van der Waals surface area contributed by atoms with Crippen LogP contribution in [0.25, 0.3) is 0 Å². The van der Waals surface area contributed by atoms with Gasteiger partial charge in [0.15, 0.2) is 0 Å².